The minimum atomic E-state index is -1.54. The molecule has 0 saturated carbocycles. The largest absolute Gasteiger partial charge is 0.468 e. The molecule has 1 rings (SSSR count). The fraction of sp³-hybridized carbons (Fsp3) is 0.273. The number of nitrogens with two attached hydrogens (primary N) is 1. The highest BCUT2D eigenvalue weighted by Crippen LogP contribution is 2.33. The van der Waals surface area contributed by atoms with Gasteiger partial charge in [-0.25, -0.2) is 0 Å². The Bertz CT molecular complexity index is 512. The first-order valence-electron chi connectivity index (χ1n) is 5.12. The number of nitro groups is 1. The molecule has 0 aliphatic heterocycles. The topological polar surface area (TPSA) is 122 Å². The van der Waals surface area contributed by atoms with Crippen molar-refractivity contribution in [3.8, 4) is 0 Å². The van der Waals surface area contributed by atoms with Crippen molar-refractivity contribution < 1.29 is 24.0 Å². The number of rotatable bonds is 4. The number of nitro benzene ring substituents is 1. The number of hydrogen-bond donors (Lipinski definition) is 1. The number of nitrogens with zero attached hydrogens (tertiary/aromatic N) is 1. The van der Waals surface area contributed by atoms with Gasteiger partial charge in [0.2, 0.25) is 0 Å². The molecule has 0 saturated heterocycles. The number of ether oxygens (including phenoxy) is 2. The van der Waals surface area contributed by atoms with Crippen LogP contribution in [0.2, 0.25) is 0 Å². The molecule has 2 N–H and O–H groups in total. The third-order valence-corrected chi connectivity index (χ3v) is 2.47. The number of methoxy groups -OCH3 is 2. The fourth-order valence-electron chi connectivity index (χ4n) is 1.61. The van der Waals surface area contributed by atoms with Crippen molar-refractivity contribution in [2.75, 3.05) is 20.0 Å². The van der Waals surface area contributed by atoms with Crippen LogP contribution in [0, 0.1) is 10.1 Å². The van der Waals surface area contributed by atoms with Crippen molar-refractivity contribution in [3.05, 3.63) is 33.9 Å². The van der Waals surface area contributed by atoms with Crippen molar-refractivity contribution in [2.45, 2.75) is 5.92 Å². The first kappa shape index (κ1) is 14.4. The Kier molecular flexibility index (Phi) is 4.41. The van der Waals surface area contributed by atoms with E-state index < -0.39 is 28.5 Å². The zero-order valence-electron chi connectivity index (χ0n) is 10.3. The Morgan fingerprint density at radius 2 is 1.79 bits per heavy atom. The quantitative estimate of drug-likeness (QED) is 0.279. The Morgan fingerprint density at radius 3 is 2.21 bits per heavy atom. The SMILES string of the molecule is COC(=O)C(C(=O)OC)c1cccc(N)c1[N+](=O)[O-]. The maximum absolute atomic E-state index is 11.6. The minimum absolute atomic E-state index is 0.152. The highest BCUT2D eigenvalue weighted by Gasteiger charge is 2.37. The minimum Gasteiger partial charge on any atom is -0.468 e. The zero-order valence-corrected chi connectivity index (χ0v) is 10.3. The van der Waals surface area contributed by atoms with Gasteiger partial charge < -0.3 is 15.2 Å². The number of carbonyl (C=O) groups excluding carboxylic acids is 2. The predicted octanol–water partition coefficient (Wildman–Crippen LogP) is 0.607. The number of benzene rings is 1. The molecule has 19 heavy (non-hydrogen) atoms. The Balaban J connectivity index is 3.46. The van der Waals surface area contributed by atoms with Crippen molar-refractivity contribution >= 4 is 23.3 Å². The smallest absolute Gasteiger partial charge is 0.324 e. The summed E-state index contributed by atoms with van der Waals surface area (Å²) in [4.78, 5) is 33.5. The molecule has 0 heterocycles. The zero-order chi connectivity index (χ0) is 14.6. The number of hydrogen-bond acceptors (Lipinski definition) is 7. The lowest BCUT2D eigenvalue weighted by atomic mass is 9.96. The lowest BCUT2D eigenvalue weighted by Crippen LogP contribution is -2.25. The van der Waals surface area contributed by atoms with Crippen molar-refractivity contribution in [1.29, 1.82) is 0 Å². The molecular weight excluding hydrogens is 256 g/mol. The number of esters is 2. The van der Waals surface area contributed by atoms with Gasteiger partial charge in [0.05, 0.1) is 24.7 Å². The molecular formula is C11H12N2O6. The van der Waals surface area contributed by atoms with Crippen LogP contribution >= 0.6 is 0 Å². The second kappa shape index (κ2) is 5.80. The Morgan fingerprint density at radius 1 is 1.26 bits per heavy atom. The van der Waals surface area contributed by atoms with Gasteiger partial charge in [-0.3, -0.25) is 19.7 Å². The monoisotopic (exact) mass is 268 g/mol. The molecule has 1 aromatic carbocycles. The van der Waals surface area contributed by atoms with Gasteiger partial charge in [0.15, 0.2) is 5.92 Å². The van der Waals surface area contributed by atoms with E-state index in [2.05, 4.69) is 9.47 Å². The lowest BCUT2D eigenvalue weighted by molar-refractivity contribution is -0.384. The molecule has 0 unspecified atom stereocenters. The highest BCUT2D eigenvalue weighted by atomic mass is 16.6. The van der Waals surface area contributed by atoms with E-state index in [1.54, 1.807) is 0 Å². The van der Waals surface area contributed by atoms with Gasteiger partial charge >= 0.3 is 11.9 Å². The number of para-hydroxylation sites is 1. The van der Waals surface area contributed by atoms with E-state index in [9.17, 15) is 19.7 Å². The van der Waals surface area contributed by atoms with Crippen LogP contribution in [0.5, 0.6) is 0 Å². The molecule has 8 heteroatoms. The van der Waals surface area contributed by atoms with E-state index >= 15 is 0 Å². The molecule has 0 fully saturated rings. The Hall–Kier alpha value is -2.64. The molecule has 0 amide bonds. The van der Waals surface area contributed by atoms with Crippen molar-refractivity contribution in [1.82, 2.24) is 0 Å². The summed E-state index contributed by atoms with van der Waals surface area (Å²) in [5.41, 5.74) is 4.67. The summed E-state index contributed by atoms with van der Waals surface area (Å²) in [5.74, 6) is -3.46. The van der Waals surface area contributed by atoms with Crippen LogP contribution in [0.15, 0.2) is 18.2 Å². The van der Waals surface area contributed by atoms with E-state index in [0.717, 1.165) is 14.2 Å². The average Bonchev–Trinajstić information content (AvgIpc) is 2.38. The highest BCUT2D eigenvalue weighted by molar-refractivity contribution is 6.02. The number of carbonyl (C=O) groups is 2. The van der Waals surface area contributed by atoms with Gasteiger partial charge in [0.25, 0.3) is 5.69 Å². The average molecular weight is 268 g/mol. The lowest BCUT2D eigenvalue weighted by Gasteiger charge is -2.13. The van der Waals surface area contributed by atoms with E-state index in [1.165, 1.54) is 18.2 Å². The van der Waals surface area contributed by atoms with Gasteiger partial charge in [-0.2, -0.15) is 0 Å². The van der Waals surface area contributed by atoms with E-state index in [-0.39, 0.29) is 11.3 Å². The molecule has 0 aliphatic rings. The summed E-state index contributed by atoms with van der Waals surface area (Å²) in [5, 5.41) is 11.0. The number of nitrogen functional groups attached to an aromatic ring is 1. The first-order chi connectivity index (χ1) is 8.93. The summed E-state index contributed by atoms with van der Waals surface area (Å²) in [6.07, 6.45) is 0. The van der Waals surface area contributed by atoms with Crippen LogP contribution in [0.25, 0.3) is 0 Å². The van der Waals surface area contributed by atoms with Crippen molar-refractivity contribution in [3.63, 3.8) is 0 Å². The fourth-order valence-corrected chi connectivity index (χ4v) is 1.61. The summed E-state index contributed by atoms with van der Waals surface area (Å²) >= 11 is 0. The summed E-state index contributed by atoms with van der Waals surface area (Å²) < 4.78 is 8.92. The van der Waals surface area contributed by atoms with Crippen LogP contribution in [-0.2, 0) is 19.1 Å². The van der Waals surface area contributed by atoms with Crippen LogP contribution in [0.4, 0.5) is 11.4 Å². The van der Waals surface area contributed by atoms with E-state index in [0.29, 0.717) is 0 Å². The predicted molar refractivity (Wildman–Crippen MR) is 64.3 cm³/mol. The maximum atomic E-state index is 11.6. The second-order valence-corrected chi connectivity index (χ2v) is 3.52. The summed E-state index contributed by atoms with van der Waals surface area (Å²) in [6.45, 7) is 0. The normalized spacial score (nSPS) is 10.1. The molecule has 0 radical (unpaired) electrons. The third-order valence-electron chi connectivity index (χ3n) is 2.47. The van der Waals surface area contributed by atoms with Crippen LogP contribution in [0.3, 0.4) is 0 Å². The maximum Gasteiger partial charge on any atom is 0.324 e. The molecule has 0 atom stereocenters. The van der Waals surface area contributed by atoms with Crippen LogP contribution in [0.1, 0.15) is 11.5 Å². The second-order valence-electron chi connectivity index (χ2n) is 3.52. The van der Waals surface area contributed by atoms with E-state index in [4.69, 9.17) is 5.73 Å². The van der Waals surface area contributed by atoms with Crippen LogP contribution < -0.4 is 5.73 Å². The third kappa shape index (κ3) is 2.79. The van der Waals surface area contributed by atoms with Gasteiger partial charge in [0.1, 0.15) is 5.69 Å². The standard InChI is InChI=1S/C11H12N2O6/c1-18-10(14)8(11(15)19-2)6-4-3-5-7(12)9(6)13(16)17/h3-5,8H,12H2,1-2H3. The van der Waals surface area contributed by atoms with Gasteiger partial charge in [-0.1, -0.05) is 12.1 Å². The van der Waals surface area contributed by atoms with Gasteiger partial charge in [-0.15, -0.1) is 0 Å². The Labute approximate surface area is 108 Å². The summed E-state index contributed by atoms with van der Waals surface area (Å²) in [6, 6.07) is 3.96. The molecule has 0 spiro atoms. The molecule has 8 nitrogen and oxygen atoms in total. The summed E-state index contributed by atoms with van der Waals surface area (Å²) in [7, 11) is 2.13. The molecule has 1 aromatic rings. The van der Waals surface area contributed by atoms with Gasteiger partial charge in [0, 0.05) is 0 Å². The van der Waals surface area contributed by atoms with E-state index in [1.807, 2.05) is 0 Å². The first-order valence-corrected chi connectivity index (χ1v) is 5.12. The van der Waals surface area contributed by atoms with Crippen molar-refractivity contribution in [2.24, 2.45) is 0 Å². The molecule has 0 aromatic heterocycles. The molecule has 0 aliphatic carbocycles. The van der Waals surface area contributed by atoms with Crippen LogP contribution in [-0.4, -0.2) is 31.1 Å². The molecule has 102 valence electrons. The van der Waals surface area contributed by atoms with Gasteiger partial charge in [-0.05, 0) is 6.07 Å². The number of anilines is 1. The molecule has 0 bridgehead atoms.